The highest BCUT2D eigenvalue weighted by molar-refractivity contribution is 7.19. The number of thiazole rings is 1. The van der Waals surface area contributed by atoms with E-state index in [1.54, 1.807) is 0 Å². The Labute approximate surface area is 156 Å². The SMILES string of the molecule is C[N+]12CCC(OC(=O)Nc3nc(Cl)sc3-c3ccccc3)(CC1)CC2. The van der Waals surface area contributed by atoms with Crippen LogP contribution in [0.5, 0.6) is 0 Å². The van der Waals surface area contributed by atoms with E-state index in [4.69, 9.17) is 16.3 Å². The molecule has 7 heteroatoms. The van der Waals surface area contributed by atoms with E-state index < -0.39 is 6.09 Å². The number of fused-ring (bicyclic) bond motifs is 3. The second-order valence-corrected chi connectivity index (χ2v) is 8.83. The first-order valence-electron chi connectivity index (χ1n) is 8.52. The van der Waals surface area contributed by atoms with E-state index in [9.17, 15) is 4.79 Å². The summed E-state index contributed by atoms with van der Waals surface area (Å²) in [5.74, 6) is 0.467. The highest BCUT2D eigenvalue weighted by Gasteiger charge is 2.49. The molecule has 0 radical (unpaired) electrons. The van der Waals surface area contributed by atoms with Gasteiger partial charge in [0.25, 0.3) is 0 Å². The molecule has 0 aliphatic carbocycles. The van der Waals surface area contributed by atoms with Crippen molar-refractivity contribution in [1.82, 2.24) is 4.98 Å². The van der Waals surface area contributed by atoms with Gasteiger partial charge in [-0.3, -0.25) is 5.32 Å². The zero-order valence-electron chi connectivity index (χ0n) is 14.1. The molecule has 2 aromatic rings. The molecule has 0 spiro atoms. The molecule has 3 aliphatic rings. The number of carbonyl (C=O) groups excluding carboxylic acids is 1. The molecule has 3 saturated heterocycles. The monoisotopic (exact) mass is 378 g/mol. The molecule has 5 nitrogen and oxygen atoms in total. The molecular weight excluding hydrogens is 358 g/mol. The summed E-state index contributed by atoms with van der Waals surface area (Å²) in [5.41, 5.74) is 0.663. The number of nitrogens with one attached hydrogen (secondary N) is 1. The first kappa shape index (κ1) is 16.8. The lowest BCUT2D eigenvalue weighted by Gasteiger charge is -2.51. The Morgan fingerprint density at radius 2 is 1.88 bits per heavy atom. The van der Waals surface area contributed by atoms with Crippen LogP contribution in [0.3, 0.4) is 0 Å². The van der Waals surface area contributed by atoms with Crippen LogP contribution in [0.2, 0.25) is 4.47 Å². The maximum absolute atomic E-state index is 12.5. The summed E-state index contributed by atoms with van der Waals surface area (Å²) >= 11 is 7.43. The summed E-state index contributed by atoms with van der Waals surface area (Å²) in [6.45, 7) is 3.22. The van der Waals surface area contributed by atoms with Gasteiger partial charge in [0.1, 0.15) is 5.60 Å². The number of hydrogen-bond donors (Lipinski definition) is 1. The quantitative estimate of drug-likeness (QED) is 0.805. The number of rotatable bonds is 3. The van der Waals surface area contributed by atoms with Gasteiger partial charge in [-0.05, 0) is 5.56 Å². The molecule has 25 heavy (non-hydrogen) atoms. The van der Waals surface area contributed by atoms with Crippen molar-refractivity contribution in [2.24, 2.45) is 0 Å². The van der Waals surface area contributed by atoms with Crippen LogP contribution in [-0.2, 0) is 4.74 Å². The molecule has 4 heterocycles. The molecule has 3 aliphatic heterocycles. The Morgan fingerprint density at radius 3 is 2.52 bits per heavy atom. The second-order valence-electron chi connectivity index (χ2n) is 7.25. The van der Waals surface area contributed by atoms with Gasteiger partial charge < -0.3 is 9.22 Å². The average molecular weight is 379 g/mol. The van der Waals surface area contributed by atoms with Crippen LogP contribution in [0, 0.1) is 0 Å². The normalized spacial score (nSPS) is 27.9. The van der Waals surface area contributed by atoms with E-state index in [2.05, 4.69) is 17.3 Å². The zero-order chi connectivity index (χ0) is 17.5. The van der Waals surface area contributed by atoms with Crippen molar-refractivity contribution in [3.63, 3.8) is 0 Å². The van der Waals surface area contributed by atoms with Crippen molar-refractivity contribution < 1.29 is 14.0 Å². The third-order valence-corrected chi connectivity index (χ3v) is 6.70. The number of benzene rings is 1. The fourth-order valence-electron chi connectivity index (χ4n) is 3.77. The standard InChI is InChI=1S/C18H20ClN3O2S/c1-22-10-7-18(8-11-22,9-12-22)24-17(23)21-15-14(25-16(19)20-15)13-5-3-2-4-6-13/h2-6H,7-12H2,1H3/p+1. The molecule has 1 N–H and O–H groups in total. The molecule has 132 valence electrons. The maximum atomic E-state index is 12.5. The molecule has 2 bridgehead atoms. The molecule has 1 aromatic heterocycles. The number of piperidine rings is 3. The number of hydrogen-bond acceptors (Lipinski definition) is 4. The predicted molar refractivity (Wildman–Crippen MR) is 100 cm³/mol. The number of nitrogens with zero attached hydrogens (tertiary/aromatic N) is 2. The van der Waals surface area contributed by atoms with Gasteiger partial charge in [-0.2, -0.15) is 0 Å². The van der Waals surface area contributed by atoms with Gasteiger partial charge in [-0.15, -0.1) is 11.3 Å². The van der Waals surface area contributed by atoms with Gasteiger partial charge in [-0.1, -0.05) is 41.9 Å². The van der Waals surface area contributed by atoms with Crippen molar-refractivity contribution >= 4 is 34.8 Å². The first-order chi connectivity index (χ1) is 12.0. The van der Waals surface area contributed by atoms with Crippen LogP contribution < -0.4 is 5.32 Å². The van der Waals surface area contributed by atoms with Crippen LogP contribution in [-0.4, -0.2) is 47.8 Å². The van der Waals surface area contributed by atoms with Crippen molar-refractivity contribution in [3.8, 4) is 10.4 Å². The number of amides is 1. The van der Waals surface area contributed by atoms with E-state index in [0.29, 0.717) is 10.3 Å². The number of quaternary nitrogens is 1. The number of anilines is 1. The number of aromatic nitrogens is 1. The van der Waals surface area contributed by atoms with Gasteiger partial charge in [0.15, 0.2) is 10.3 Å². The third kappa shape index (κ3) is 3.38. The third-order valence-electron chi connectivity index (χ3n) is 5.49. The molecule has 1 aromatic carbocycles. The topological polar surface area (TPSA) is 51.2 Å². The van der Waals surface area contributed by atoms with E-state index >= 15 is 0 Å². The van der Waals surface area contributed by atoms with E-state index in [-0.39, 0.29) is 5.60 Å². The highest BCUT2D eigenvalue weighted by Crippen LogP contribution is 2.40. The molecule has 0 saturated carbocycles. The van der Waals surface area contributed by atoms with Gasteiger partial charge in [-0.25, -0.2) is 9.78 Å². The van der Waals surface area contributed by atoms with Crippen LogP contribution in [0.4, 0.5) is 10.6 Å². The average Bonchev–Trinajstić information content (AvgIpc) is 2.97. The molecule has 5 rings (SSSR count). The van der Waals surface area contributed by atoms with Gasteiger partial charge in [0.05, 0.1) is 31.6 Å². The van der Waals surface area contributed by atoms with Crippen molar-refractivity contribution in [2.45, 2.75) is 24.9 Å². The lowest BCUT2D eigenvalue weighted by molar-refractivity contribution is -0.926. The lowest BCUT2D eigenvalue weighted by atomic mass is 9.81. The van der Waals surface area contributed by atoms with Crippen LogP contribution in [0.25, 0.3) is 10.4 Å². The number of ether oxygens (including phenoxy) is 1. The van der Waals surface area contributed by atoms with Gasteiger partial charge >= 0.3 is 6.09 Å². The van der Waals surface area contributed by atoms with E-state index in [1.165, 1.54) is 11.3 Å². The largest absolute Gasteiger partial charge is 0.442 e. The van der Waals surface area contributed by atoms with Crippen LogP contribution in [0.1, 0.15) is 19.3 Å². The Kier molecular flexibility index (Phi) is 4.22. The van der Waals surface area contributed by atoms with Crippen LogP contribution in [0.15, 0.2) is 30.3 Å². The number of carbonyl (C=O) groups is 1. The minimum atomic E-state index is -0.433. The second kappa shape index (κ2) is 6.27. The molecule has 1 amide bonds. The van der Waals surface area contributed by atoms with E-state index in [1.807, 2.05) is 30.3 Å². The zero-order valence-corrected chi connectivity index (χ0v) is 15.7. The fraction of sp³-hybridized carbons (Fsp3) is 0.444. The Bertz CT molecular complexity index is 768. The summed E-state index contributed by atoms with van der Waals surface area (Å²) in [6, 6.07) is 9.79. The highest BCUT2D eigenvalue weighted by atomic mass is 35.5. The summed E-state index contributed by atoms with van der Waals surface area (Å²) in [6.07, 6.45) is 2.36. The summed E-state index contributed by atoms with van der Waals surface area (Å²) in [4.78, 5) is 17.6. The Morgan fingerprint density at radius 1 is 1.24 bits per heavy atom. The molecular formula is C18H21ClN3O2S+. The predicted octanol–water partition coefficient (Wildman–Crippen LogP) is 4.39. The summed E-state index contributed by atoms with van der Waals surface area (Å²) in [7, 11) is 2.28. The number of halogens is 1. The Hall–Kier alpha value is -1.63. The van der Waals surface area contributed by atoms with Gasteiger partial charge in [0, 0.05) is 19.3 Å². The molecule has 0 unspecified atom stereocenters. The molecule has 0 atom stereocenters. The fourth-order valence-corrected chi connectivity index (χ4v) is 4.84. The van der Waals surface area contributed by atoms with Crippen molar-refractivity contribution in [3.05, 3.63) is 34.8 Å². The maximum Gasteiger partial charge on any atom is 0.413 e. The minimum Gasteiger partial charge on any atom is -0.442 e. The van der Waals surface area contributed by atoms with E-state index in [0.717, 1.165) is 53.8 Å². The smallest absolute Gasteiger partial charge is 0.413 e. The van der Waals surface area contributed by atoms with Crippen molar-refractivity contribution in [2.75, 3.05) is 32.0 Å². The summed E-state index contributed by atoms with van der Waals surface area (Å²) in [5, 5.41) is 2.81. The first-order valence-corrected chi connectivity index (χ1v) is 9.72. The van der Waals surface area contributed by atoms with Crippen molar-refractivity contribution in [1.29, 1.82) is 0 Å². The minimum absolute atomic E-state index is 0.313. The lowest BCUT2D eigenvalue weighted by Crippen LogP contribution is -2.63. The Balaban J connectivity index is 1.49. The van der Waals surface area contributed by atoms with Crippen LogP contribution >= 0.6 is 22.9 Å². The van der Waals surface area contributed by atoms with Gasteiger partial charge in [0.2, 0.25) is 0 Å². The summed E-state index contributed by atoms with van der Waals surface area (Å²) < 4.78 is 7.38. The molecule has 3 fully saturated rings.